The van der Waals surface area contributed by atoms with Gasteiger partial charge in [0, 0.05) is 12.6 Å². The van der Waals surface area contributed by atoms with E-state index in [-0.39, 0.29) is 10.7 Å². The molecular weight excluding hydrogens is 284 g/mol. The van der Waals surface area contributed by atoms with Crippen molar-refractivity contribution in [2.75, 3.05) is 18.6 Å². The third-order valence-corrected chi connectivity index (χ3v) is 3.59. The largest absolute Gasteiger partial charge is 0.495 e. The van der Waals surface area contributed by atoms with Crippen molar-refractivity contribution in [3.8, 4) is 11.8 Å². The highest BCUT2D eigenvalue weighted by Crippen LogP contribution is 2.33. The number of ether oxygens (including phenoxy) is 1. The van der Waals surface area contributed by atoms with Gasteiger partial charge in [-0.05, 0) is 18.6 Å². The number of hydrogen-bond donors (Lipinski definition) is 0. The molecule has 1 aromatic rings. The van der Waals surface area contributed by atoms with Gasteiger partial charge in [0.05, 0.1) is 29.3 Å². The van der Waals surface area contributed by atoms with Crippen LogP contribution in [-0.2, 0) is 4.79 Å². The van der Waals surface area contributed by atoms with Crippen LogP contribution in [0.25, 0.3) is 0 Å². The highest BCUT2D eigenvalue weighted by molar-refractivity contribution is 9.10. The Morgan fingerprint density at radius 2 is 2.35 bits per heavy atom. The van der Waals surface area contributed by atoms with E-state index in [9.17, 15) is 4.79 Å². The first-order valence-electron chi connectivity index (χ1n) is 5.21. The van der Waals surface area contributed by atoms with Gasteiger partial charge in [-0.3, -0.25) is 4.79 Å². The van der Waals surface area contributed by atoms with Gasteiger partial charge in [0.25, 0.3) is 0 Å². The Bertz CT molecular complexity index is 496. The highest BCUT2D eigenvalue weighted by atomic mass is 79.9. The van der Waals surface area contributed by atoms with Crippen LogP contribution in [0, 0.1) is 11.3 Å². The monoisotopic (exact) mass is 294 g/mol. The standard InChI is InChI=1S/C12H11BrN2O2/c1-17-11-6-8(7-14)2-3-10(11)15-5-4-9(13)12(15)16/h2-3,6,9H,4-5H2,1H3. The minimum Gasteiger partial charge on any atom is -0.495 e. The van der Waals surface area contributed by atoms with Gasteiger partial charge in [-0.15, -0.1) is 0 Å². The molecule has 0 aromatic heterocycles. The maximum absolute atomic E-state index is 11.9. The molecule has 1 fully saturated rings. The Morgan fingerprint density at radius 1 is 1.59 bits per heavy atom. The second-order valence-corrected chi connectivity index (χ2v) is 4.85. The van der Waals surface area contributed by atoms with Crippen molar-refractivity contribution in [1.29, 1.82) is 5.26 Å². The van der Waals surface area contributed by atoms with Crippen molar-refractivity contribution in [3.63, 3.8) is 0 Å². The number of rotatable bonds is 2. The minimum atomic E-state index is -0.122. The molecule has 1 amide bonds. The summed E-state index contributed by atoms with van der Waals surface area (Å²) in [6, 6.07) is 7.13. The van der Waals surface area contributed by atoms with E-state index >= 15 is 0 Å². The molecule has 2 rings (SSSR count). The van der Waals surface area contributed by atoms with Crippen LogP contribution in [0.5, 0.6) is 5.75 Å². The van der Waals surface area contributed by atoms with E-state index in [4.69, 9.17) is 10.00 Å². The van der Waals surface area contributed by atoms with Gasteiger partial charge < -0.3 is 9.64 Å². The molecule has 1 aliphatic heterocycles. The molecule has 0 spiro atoms. The smallest absolute Gasteiger partial charge is 0.240 e. The minimum absolute atomic E-state index is 0.0352. The van der Waals surface area contributed by atoms with Gasteiger partial charge in [-0.2, -0.15) is 5.26 Å². The van der Waals surface area contributed by atoms with Gasteiger partial charge in [-0.25, -0.2) is 0 Å². The fourth-order valence-corrected chi connectivity index (χ4v) is 2.31. The summed E-state index contributed by atoms with van der Waals surface area (Å²) in [6.07, 6.45) is 0.780. The number of anilines is 1. The number of nitrogens with zero attached hydrogens (tertiary/aromatic N) is 2. The molecule has 0 radical (unpaired) electrons. The number of nitriles is 1. The summed E-state index contributed by atoms with van der Waals surface area (Å²) in [5.74, 6) is 0.590. The van der Waals surface area contributed by atoms with E-state index in [2.05, 4.69) is 15.9 Å². The number of alkyl halides is 1. The molecule has 0 bridgehead atoms. The molecule has 4 nitrogen and oxygen atoms in total. The van der Waals surface area contributed by atoms with Crippen LogP contribution in [-0.4, -0.2) is 24.4 Å². The summed E-state index contributed by atoms with van der Waals surface area (Å²) in [7, 11) is 1.53. The lowest BCUT2D eigenvalue weighted by Crippen LogP contribution is -2.27. The Kier molecular flexibility index (Phi) is 3.34. The number of carbonyl (C=O) groups excluding carboxylic acids is 1. The molecule has 1 unspecified atom stereocenters. The van der Waals surface area contributed by atoms with Gasteiger partial charge in [0.2, 0.25) is 5.91 Å². The Balaban J connectivity index is 2.39. The molecule has 5 heteroatoms. The van der Waals surface area contributed by atoms with E-state index in [1.807, 2.05) is 6.07 Å². The summed E-state index contributed by atoms with van der Waals surface area (Å²) in [5, 5.41) is 8.81. The van der Waals surface area contributed by atoms with Crippen molar-refractivity contribution < 1.29 is 9.53 Å². The van der Waals surface area contributed by atoms with E-state index in [1.54, 1.807) is 23.1 Å². The van der Waals surface area contributed by atoms with Crippen molar-refractivity contribution >= 4 is 27.5 Å². The molecule has 1 atom stereocenters. The van der Waals surface area contributed by atoms with E-state index in [1.165, 1.54) is 7.11 Å². The van der Waals surface area contributed by atoms with Crippen LogP contribution in [0.4, 0.5) is 5.69 Å². The highest BCUT2D eigenvalue weighted by Gasteiger charge is 2.31. The van der Waals surface area contributed by atoms with Gasteiger partial charge in [0.15, 0.2) is 0 Å². The van der Waals surface area contributed by atoms with Crippen LogP contribution in [0.15, 0.2) is 18.2 Å². The molecule has 1 aliphatic rings. The fourth-order valence-electron chi connectivity index (χ4n) is 1.85. The normalized spacial score (nSPS) is 19.2. The number of carbonyl (C=O) groups is 1. The summed E-state index contributed by atoms with van der Waals surface area (Å²) < 4.78 is 5.22. The molecule has 0 N–H and O–H groups in total. The van der Waals surface area contributed by atoms with Gasteiger partial charge in [-0.1, -0.05) is 15.9 Å². The number of hydrogen-bond acceptors (Lipinski definition) is 3. The zero-order valence-electron chi connectivity index (χ0n) is 9.31. The van der Waals surface area contributed by atoms with E-state index in [0.717, 1.165) is 12.1 Å². The van der Waals surface area contributed by atoms with Crippen LogP contribution in [0.1, 0.15) is 12.0 Å². The molecule has 0 saturated carbocycles. The third-order valence-electron chi connectivity index (χ3n) is 2.74. The van der Waals surface area contributed by atoms with Crippen molar-refractivity contribution in [2.45, 2.75) is 11.2 Å². The van der Waals surface area contributed by atoms with Crippen molar-refractivity contribution in [3.05, 3.63) is 23.8 Å². The maximum Gasteiger partial charge on any atom is 0.240 e. The summed E-state index contributed by atoms with van der Waals surface area (Å²) in [5.41, 5.74) is 1.24. The van der Waals surface area contributed by atoms with Crippen LogP contribution in [0.2, 0.25) is 0 Å². The number of halogens is 1. The zero-order chi connectivity index (χ0) is 12.4. The van der Waals surface area contributed by atoms with Crippen LogP contribution < -0.4 is 9.64 Å². The van der Waals surface area contributed by atoms with E-state index < -0.39 is 0 Å². The number of benzene rings is 1. The lowest BCUT2D eigenvalue weighted by molar-refractivity contribution is -0.116. The second kappa shape index (κ2) is 4.76. The van der Waals surface area contributed by atoms with Gasteiger partial charge >= 0.3 is 0 Å². The maximum atomic E-state index is 11.9. The average molecular weight is 295 g/mol. The average Bonchev–Trinajstić information content (AvgIpc) is 2.69. The topological polar surface area (TPSA) is 53.3 Å². The van der Waals surface area contributed by atoms with Crippen molar-refractivity contribution in [1.82, 2.24) is 0 Å². The lowest BCUT2D eigenvalue weighted by Gasteiger charge is -2.19. The number of methoxy groups -OCH3 is 1. The quantitative estimate of drug-likeness (QED) is 0.785. The zero-order valence-corrected chi connectivity index (χ0v) is 10.9. The molecule has 1 heterocycles. The predicted molar refractivity (Wildman–Crippen MR) is 67.4 cm³/mol. The molecule has 1 aromatic carbocycles. The first-order chi connectivity index (χ1) is 8.17. The lowest BCUT2D eigenvalue weighted by atomic mass is 10.2. The Labute approximate surface area is 108 Å². The van der Waals surface area contributed by atoms with Gasteiger partial charge in [0.1, 0.15) is 5.75 Å². The summed E-state index contributed by atoms with van der Waals surface area (Å²) in [6.45, 7) is 0.664. The fraction of sp³-hybridized carbons (Fsp3) is 0.333. The van der Waals surface area contributed by atoms with E-state index in [0.29, 0.717) is 17.9 Å². The third kappa shape index (κ3) is 2.13. The Morgan fingerprint density at radius 3 is 2.88 bits per heavy atom. The number of amides is 1. The molecule has 88 valence electrons. The van der Waals surface area contributed by atoms with Crippen LogP contribution >= 0.6 is 15.9 Å². The first-order valence-corrected chi connectivity index (χ1v) is 6.12. The first kappa shape index (κ1) is 11.9. The predicted octanol–water partition coefficient (Wildman–Crippen LogP) is 2.07. The molecule has 1 saturated heterocycles. The summed E-state index contributed by atoms with van der Waals surface area (Å²) in [4.78, 5) is 13.4. The Hall–Kier alpha value is -1.54. The molecule has 0 aliphatic carbocycles. The molecular formula is C12H11BrN2O2. The van der Waals surface area contributed by atoms with Crippen LogP contribution in [0.3, 0.4) is 0 Å². The second-order valence-electron chi connectivity index (χ2n) is 3.74. The molecule has 17 heavy (non-hydrogen) atoms. The van der Waals surface area contributed by atoms with Crippen molar-refractivity contribution in [2.24, 2.45) is 0 Å². The summed E-state index contributed by atoms with van der Waals surface area (Å²) >= 11 is 3.33. The SMILES string of the molecule is COc1cc(C#N)ccc1N1CCC(Br)C1=O.